The van der Waals surface area contributed by atoms with Crippen LogP contribution in [0, 0.1) is 0 Å². The fraction of sp³-hybridized carbons (Fsp3) is 0.200. The van der Waals surface area contributed by atoms with E-state index in [9.17, 15) is 0 Å². The van der Waals surface area contributed by atoms with E-state index >= 15 is 0 Å². The molecule has 0 fully saturated rings. The minimum Gasteiger partial charge on any atom is -0.398 e. The minimum atomic E-state index is 0.592. The van der Waals surface area contributed by atoms with Crippen LogP contribution in [-0.2, 0) is 0 Å². The van der Waals surface area contributed by atoms with Crippen LogP contribution >= 0.6 is 27.7 Å². The monoisotopic (exact) mass is 272 g/mol. The summed E-state index contributed by atoms with van der Waals surface area (Å²) < 4.78 is 1.05. The first-order valence-electron chi connectivity index (χ1n) is 4.27. The molecule has 0 spiro atoms. The first-order chi connectivity index (χ1) is 6.74. The van der Waals surface area contributed by atoms with Crippen molar-refractivity contribution in [2.45, 2.75) is 4.90 Å². The average Bonchev–Trinajstić information content (AvgIpc) is 2.18. The molecule has 0 radical (unpaired) electrons. The summed E-state index contributed by atoms with van der Waals surface area (Å²) in [5.74, 6) is 0.901. The SMILES string of the molecule is NCC=CCSc1cc(Br)ccc1N. The maximum absolute atomic E-state index is 5.81. The van der Waals surface area contributed by atoms with Crippen LogP contribution in [0.15, 0.2) is 39.7 Å². The number of nitrogens with two attached hydrogens (primary N) is 2. The highest BCUT2D eigenvalue weighted by Gasteiger charge is 1.98. The van der Waals surface area contributed by atoms with E-state index in [-0.39, 0.29) is 0 Å². The Morgan fingerprint density at radius 2 is 2.14 bits per heavy atom. The van der Waals surface area contributed by atoms with E-state index in [1.807, 2.05) is 30.4 Å². The van der Waals surface area contributed by atoms with Gasteiger partial charge < -0.3 is 11.5 Å². The second-order valence-corrected chi connectivity index (χ2v) is 4.68. The number of thioether (sulfide) groups is 1. The predicted molar refractivity (Wildman–Crippen MR) is 67.5 cm³/mol. The van der Waals surface area contributed by atoms with E-state index in [0.29, 0.717) is 6.54 Å². The Labute approximate surface area is 96.9 Å². The fourth-order valence-corrected chi connectivity index (χ4v) is 2.30. The number of halogens is 1. The predicted octanol–water partition coefficient (Wildman–Crippen LogP) is 2.64. The highest BCUT2D eigenvalue weighted by Crippen LogP contribution is 2.28. The van der Waals surface area contributed by atoms with Crippen molar-refractivity contribution in [3.05, 3.63) is 34.8 Å². The Morgan fingerprint density at radius 1 is 1.36 bits per heavy atom. The van der Waals surface area contributed by atoms with E-state index in [4.69, 9.17) is 11.5 Å². The molecule has 0 bridgehead atoms. The smallest absolute Gasteiger partial charge is 0.0453 e. The summed E-state index contributed by atoms with van der Waals surface area (Å²) in [5, 5.41) is 0. The molecule has 0 saturated carbocycles. The van der Waals surface area contributed by atoms with Gasteiger partial charge >= 0.3 is 0 Å². The maximum Gasteiger partial charge on any atom is 0.0453 e. The van der Waals surface area contributed by atoms with Crippen molar-refractivity contribution in [2.24, 2.45) is 5.73 Å². The first kappa shape index (κ1) is 11.6. The lowest BCUT2D eigenvalue weighted by atomic mass is 10.3. The second-order valence-electron chi connectivity index (χ2n) is 2.70. The number of benzene rings is 1. The first-order valence-corrected chi connectivity index (χ1v) is 6.05. The van der Waals surface area contributed by atoms with Crippen LogP contribution in [0.25, 0.3) is 0 Å². The van der Waals surface area contributed by atoms with Gasteiger partial charge in [0.1, 0.15) is 0 Å². The zero-order valence-electron chi connectivity index (χ0n) is 7.74. The third-order valence-electron chi connectivity index (χ3n) is 1.61. The molecule has 4 N–H and O–H groups in total. The molecule has 0 saturated heterocycles. The summed E-state index contributed by atoms with van der Waals surface area (Å²) in [5.41, 5.74) is 12.0. The van der Waals surface area contributed by atoms with Crippen LogP contribution < -0.4 is 11.5 Å². The molecule has 1 aromatic rings. The lowest BCUT2D eigenvalue weighted by molar-refractivity contribution is 1.25. The zero-order valence-corrected chi connectivity index (χ0v) is 10.1. The van der Waals surface area contributed by atoms with E-state index in [1.165, 1.54) is 0 Å². The fourth-order valence-electron chi connectivity index (χ4n) is 0.935. The van der Waals surface area contributed by atoms with Gasteiger partial charge in [-0.05, 0) is 18.2 Å². The van der Waals surface area contributed by atoms with Gasteiger partial charge in [0.05, 0.1) is 0 Å². The van der Waals surface area contributed by atoms with Crippen molar-refractivity contribution in [3.63, 3.8) is 0 Å². The Morgan fingerprint density at radius 3 is 2.86 bits per heavy atom. The van der Waals surface area contributed by atoms with Gasteiger partial charge in [-0.2, -0.15) is 0 Å². The Bertz CT molecular complexity index is 326. The molecule has 0 amide bonds. The molecule has 14 heavy (non-hydrogen) atoms. The number of hydrogen-bond acceptors (Lipinski definition) is 3. The number of hydrogen-bond donors (Lipinski definition) is 2. The molecule has 76 valence electrons. The molecule has 1 aromatic carbocycles. The molecular formula is C10H13BrN2S. The third kappa shape index (κ3) is 3.74. The summed E-state index contributed by atoms with van der Waals surface area (Å²) in [7, 11) is 0. The number of rotatable bonds is 4. The van der Waals surface area contributed by atoms with Crippen LogP contribution in [0.4, 0.5) is 5.69 Å². The highest BCUT2D eigenvalue weighted by molar-refractivity contribution is 9.10. The summed E-state index contributed by atoms with van der Waals surface area (Å²) in [4.78, 5) is 1.10. The van der Waals surface area contributed by atoms with E-state index in [0.717, 1.165) is 20.8 Å². The number of nitrogen functional groups attached to an aromatic ring is 1. The molecule has 1 rings (SSSR count). The van der Waals surface area contributed by atoms with Gasteiger partial charge in [-0.25, -0.2) is 0 Å². The molecular weight excluding hydrogens is 260 g/mol. The second kappa shape index (κ2) is 6.11. The topological polar surface area (TPSA) is 52.0 Å². The lowest BCUT2D eigenvalue weighted by Crippen LogP contribution is -1.92. The summed E-state index contributed by atoms with van der Waals surface area (Å²) in [6.07, 6.45) is 3.99. The van der Waals surface area contributed by atoms with Gasteiger partial charge in [0.2, 0.25) is 0 Å². The summed E-state index contributed by atoms with van der Waals surface area (Å²) >= 11 is 5.12. The van der Waals surface area contributed by atoms with E-state index in [2.05, 4.69) is 15.9 Å². The summed E-state index contributed by atoms with van der Waals surface area (Å²) in [6.45, 7) is 0.592. The van der Waals surface area contributed by atoms with Gasteiger partial charge in [0, 0.05) is 27.4 Å². The van der Waals surface area contributed by atoms with Crippen molar-refractivity contribution in [1.82, 2.24) is 0 Å². The van der Waals surface area contributed by atoms with Crippen molar-refractivity contribution in [1.29, 1.82) is 0 Å². The van der Waals surface area contributed by atoms with Crippen molar-refractivity contribution in [3.8, 4) is 0 Å². The Hall–Kier alpha value is -0.450. The molecule has 0 aliphatic heterocycles. The highest BCUT2D eigenvalue weighted by atomic mass is 79.9. The normalized spacial score (nSPS) is 11.0. The van der Waals surface area contributed by atoms with E-state index < -0.39 is 0 Å². The average molecular weight is 273 g/mol. The van der Waals surface area contributed by atoms with Crippen molar-refractivity contribution in [2.75, 3.05) is 18.0 Å². The van der Waals surface area contributed by atoms with Crippen LogP contribution in [0.2, 0.25) is 0 Å². The van der Waals surface area contributed by atoms with Gasteiger partial charge in [-0.15, -0.1) is 11.8 Å². The molecule has 0 heterocycles. The van der Waals surface area contributed by atoms with Crippen molar-refractivity contribution >= 4 is 33.4 Å². The van der Waals surface area contributed by atoms with Crippen LogP contribution in [0.5, 0.6) is 0 Å². The largest absolute Gasteiger partial charge is 0.398 e. The standard InChI is InChI=1S/C10H13BrN2S/c11-8-3-4-9(13)10(7-8)14-6-2-1-5-12/h1-4,7H,5-6,12-13H2. The van der Waals surface area contributed by atoms with Gasteiger partial charge in [0.15, 0.2) is 0 Å². The van der Waals surface area contributed by atoms with Crippen molar-refractivity contribution < 1.29 is 0 Å². The van der Waals surface area contributed by atoms with Gasteiger partial charge in [-0.1, -0.05) is 28.1 Å². The van der Waals surface area contributed by atoms with Crippen LogP contribution in [0.3, 0.4) is 0 Å². The Balaban J connectivity index is 2.57. The quantitative estimate of drug-likeness (QED) is 0.503. The third-order valence-corrected chi connectivity index (χ3v) is 3.13. The van der Waals surface area contributed by atoms with Gasteiger partial charge in [0.25, 0.3) is 0 Å². The molecule has 0 aromatic heterocycles. The van der Waals surface area contributed by atoms with E-state index in [1.54, 1.807) is 11.8 Å². The number of anilines is 1. The summed E-state index contributed by atoms with van der Waals surface area (Å²) in [6, 6.07) is 5.87. The molecule has 0 atom stereocenters. The lowest BCUT2D eigenvalue weighted by Gasteiger charge is -2.03. The van der Waals surface area contributed by atoms with Crippen LogP contribution in [0.1, 0.15) is 0 Å². The van der Waals surface area contributed by atoms with Crippen LogP contribution in [-0.4, -0.2) is 12.3 Å². The molecule has 0 aliphatic rings. The molecule has 2 nitrogen and oxygen atoms in total. The minimum absolute atomic E-state index is 0.592. The zero-order chi connectivity index (χ0) is 10.4. The molecule has 0 unspecified atom stereocenters. The molecule has 0 aliphatic carbocycles. The molecule has 4 heteroatoms. The van der Waals surface area contributed by atoms with Gasteiger partial charge in [-0.3, -0.25) is 0 Å². The maximum atomic E-state index is 5.81. The Kier molecular flexibility index (Phi) is 5.07.